The summed E-state index contributed by atoms with van der Waals surface area (Å²) in [6.07, 6.45) is 2.29. The summed E-state index contributed by atoms with van der Waals surface area (Å²) in [5, 5.41) is 1.34. The molecule has 1 unspecified atom stereocenters. The van der Waals surface area contributed by atoms with Gasteiger partial charge in [-0.1, -0.05) is 68.4 Å². The van der Waals surface area contributed by atoms with Gasteiger partial charge in [-0.3, -0.25) is 0 Å². The molecule has 9 rings (SSSR count). The van der Waals surface area contributed by atoms with Crippen LogP contribution in [-0.2, 0) is 11.1 Å². The van der Waals surface area contributed by atoms with Crippen LogP contribution in [-0.4, -0.2) is 0 Å². The van der Waals surface area contributed by atoms with Gasteiger partial charge in [-0.15, -0.1) is 9.13 Å². The molecule has 2 aliphatic heterocycles. The van der Waals surface area contributed by atoms with Gasteiger partial charge < -0.3 is 0 Å². The van der Waals surface area contributed by atoms with Crippen LogP contribution in [0.25, 0.3) is 44.5 Å². The molecule has 4 aromatic carbocycles. The average molecular weight is 515 g/mol. The molecule has 4 heterocycles. The van der Waals surface area contributed by atoms with Crippen LogP contribution in [0.15, 0.2) is 109 Å². The Morgan fingerprint density at radius 2 is 1.32 bits per heavy atom. The predicted molar refractivity (Wildman–Crippen MR) is 160 cm³/mol. The van der Waals surface area contributed by atoms with Crippen molar-refractivity contribution in [3.8, 4) is 33.6 Å². The van der Waals surface area contributed by atoms with Crippen LogP contribution in [0.3, 0.4) is 0 Å². The summed E-state index contributed by atoms with van der Waals surface area (Å²) < 4.78 is 5.24. The van der Waals surface area contributed by atoms with Crippen molar-refractivity contribution in [2.75, 3.05) is 0 Å². The van der Waals surface area contributed by atoms with E-state index in [1.54, 1.807) is 0 Å². The van der Waals surface area contributed by atoms with E-state index in [0.29, 0.717) is 0 Å². The number of rotatable bonds is 0. The Morgan fingerprint density at radius 3 is 2.17 bits per heavy atom. The molecule has 190 valence electrons. The van der Waals surface area contributed by atoms with Crippen LogP contribution in [0.5, 0.6) is 0 Å². The molecule has 0 saturated carbocycles. The Bertz CT molecular complexity index is 2070. The van der Waals surface area contributed by atoms with Gasteiger partial charge in [0.15, 0.2) is 6.20 Å². The van der Waals surface area contributed by atoms with E-state index in [0.717, 1.165) is 0 Å². The third kappa shape index (κ3) is 2.31. The van der Waals surface area contributed by atoms with E-state index in [1.807, 2.05) is 0 Å². The zero-order valence-electron chi connectivity index (χ0n) is 23.3. The van der Waals surface area contributed by atoms with E-state index in [-0.39, 0.29) is 5.41 Å². The fraction of sp³-hybridized carbons (Fsp3) is 0.158. The smallest absolute Gasteiger partial charge is 0.125 e. The number of hydrogen-bond donors (Lipinski definition) is 0. The van der Waals surface area contributed by atoms with Crippen LogP contribution >= 0.6 is 0 Å². The second-order valence-corrected chi connectivity index (χ2v) is 12.3. The van der Waals surface area contributed by atoms with Crippen molar-refractivity contribution in [2.45, 2.75) is 38.8 Å². The molecule has 1 aliphatic carbocycles. The maximum Gasteiger partial charge on any atom is 0.418 e. The Balaban J connectivity index is 1.62. The van der Waals surface area contributed by atoms with Crippen molar-refractivity contribution in [3.63, 3.8) is 0 Å². The van der Waals surface area contributed by atoms with E-state index in [2.05, 4.69) is 146 Å². The Kier molecular flexibility index (Phi) is 3.98. The summed E-state index contributed by atoms with van der Waals surface area (Å²) in [7, 11) is 0. The van der Waals surface area contributed by atoms with Gasteiger partial charge in [-0.2, -0.15) is 0 Å². The molecule has 0 bridgehead atoms. The van der Waals surface area contributed by atoms with E-state index in [1.165, 1.54) is 77.9 Å². The van der Waals surface area contributed by atoms with Gasteiger partial charge in [-0.25, -0.2) is 0 Å². The van der Waals surface area contributed by atoms with Crippen molar-refractivity contribution in [1.29, 1.82) is 0 Å². The van der Waals surface area contributed by atoms with Crippen molar-refractivity contribution >= 4 is 10.9 Å². The first-order valence-electron chi connectivity index (χ1n) is 14.3. The van der Waals surface area contributed by atoms with E-state index >= 15 is 0 Å². The topological polar surface area (TPSA) is 7.76 Å². The second-order valence-electron chi connectivity index (χ2n) is 12.3. The third-order valence-corrected chi connectivity index (χ3v) is 9.81. The minimum atomic E-state index is -0.522. The quantitative estimate of drug-likeness (QED) is 0.184. The second kappa shape index (κ2) is 7.14. The molecular weight excluding hydrogens is 484 g/mol. The summed E-state index contributed by atoms with van der Waals surface area (Å²) in [5.41, 5.74) is 16.9. The average Bonchev–Trinajstić information content (AvgIpc) is 3.52. The fourth-order valence-corrected chi connectivity index (χ4v) is 8.55. The highest BCUT2D eigenvalue weighted by Gasteiger charge is 2.69. The summed E-state index contributed by atoms with van der Waals surface area (Å²) >= 11 is 0. The van der Waals surface area contributed by atoms with Crippen LogP contribution in [0, 0.1) is 13.8 Å². The molecular formula is C38H30N2+2. The normalized spacial score (nSPS) is 18.3. The molecule has 2 nitrogen and oxygen atoms in total. The Hall–Kier alpha value is -4.56. The van der Waals surface area contributed by atoms with Gasteiger partial charge in [-0.05, 0) is 72.0 Å². The molecule has 1 atom stereocenters. The van der Waals surface area contributed by atoms with Crippen LogP contribution < -0.4 is 9.13 Å². The van der Waals surface area contributed by atoms with Crippen molar-refractivity contribution in [3.05, 3.63) is 143 Å². The minimum Gasteiger partial charge on any atom is -0.125 e. The van der Waals surface area contributed by atoms with Crippen molar-refractivity contribution < 1.29 is 9.13 Å². The summed E-state index contributed by atoms with van der Waals surface area (Å²) in [4.78, 5) is 0. The maximum atomic E-state index is 2.70. The first kappa shape index (κ1) is 22.3. The van der Waals surface area contributed by atoms with Gasteiger partial charge in [0, 0.05) is 23.6 Å². The lowest BCUT2D eigenvalue weighted by atomic mass is 9.80. The summed E-state index contributed by atoms with van der Waals surface area (Å²) in [6, 6.07) is 38.7. The molecule has 2 aromatic heterocycles. The molecule has 6 aromatic rings. The van der Waals surface area contributed by atoms with Gasteiger partial charge in [0.05, 0.1) is 22.1 Å². The Morgan fingerprint density at radius 1 is 0.625 bits per heavy atom. The molecule has 0 N–H and O–H groups in total. The van der Waals surface area contributed by atoms with Gasteiger partial charge >= 0.3 is 5.66 Å². The molecule has 0 fully saturated rings. The predicted octanol–water partition coefficient (Wildman–Crippen LogP) is 7.60. The lowest BCUT2D eigenvalue weighted by molar-refractivity contribution is -0.944. The van der Waals surface area contributed by atoms with Crippen LogP contribution in [0.1, 0.15) is 47.2 Å². The largest absolute Gasteiger partial charge is 0.418 e. The van der Waals surface area contributed by atoms with Gasteiger partial charge in [0.1, 0.15) is 11.1 Å². The SMILES string of the molecule is Cc1cc(C)c2c(c1)-c1c3c(c4ccccc4[n+]1C21c2ccccc2-c2cccc[n+]21)C(C)(C)c1ccccc1-3. The number of para-hydroxylation sites is 1. The lowest BCUT2D eigenvalue weighted by Gasteiger charge is -2.24. The zero-order chi connectivity index (χ0) is 27.0. The highest BCUT2D eigenvalue weighted by atomic mass is 15.3. The highest BCUT2D eigenvalue weighted by Crippen LogP contribution is 2.58. The number of aryl methyl sites for hydroxylation is 2. The monoisotopic (exact) mass is 514 g/mol. The van der Waals surface area contributed by atoms with Crippen LogP contribution in [0.4, 0.5) is 0 Å². The van der Waals surface area contributed by atoms with Crippen molar-refractivity contribution in [2.24, 2.45) is 0 Å². The summed E-state index contributed by atoms with van der Waals surface area (Å²) in [5.74, 6) is 0. The Labute approximate surface area is 234 Å². The molecule has 3 aliphatic rings. The standard InChI is InChI=1S/C38H30N2/c1-23-21-24(2)34-28(22-23)36-33-26-14-6-8-16-29(26)37(3,4)35(33)27-15-7-10-19-32(27)40(36)38(34)30-17-9-5-13-25(30)31-18-11-12-20-39(31)38/h5-22H,1-4H3/q+2. The number of nitrogens with zero attached hydrogens (tertiary/aromatic N) is 2. The van der Waals surface area contributed by atoms with E-state index < -0.39 is 5.66 Å². The number of benzene rings is 4. The molecule has 0 radical (unpaired) electrons. The summed E-state index contributed by atoms with van der Waals surface area (Å²) in [6.45, 7) is 9.36. The first-order valence-corrected chi connectivity index (χ1v) is 14.3. The number of fused-ring (bicyclic) bond motifs is 17. The number of hydrogen-bond acceptors (Lipinski definition) is 0. The maximum absolute atomic E-state index is 2.70. The van der Waals surface area contributed by atoms with Crippen LogP contribution in [0.2, 0.25) is 0 Å². The first-order chi connectivity index (χ1) is 19.5. The fourth-order valence-electron chi connectivity index (χ4n) is 8.55. The third-order valence-electron chi connectivity index (χ3n) is 9.81. The lowest BCUT2D eigenvalue weighted by Crippen LogP contribution is -2.72. The van der Waals surface area contributed by atoms with E-state index in [9.17, 15) is 0 Å². The molecule has 2 heteroatoms. The molecule has 0 amide bonds. The van der Waals surface area contributed by atoms with Gasteiger partial charge in [0.25, 0.3) is 0 Å². The van der Waals surface area contributed by atoms with Gasteiger partial charge in [0.2, 0.25) is 16.9 Å². The molecule has 1 spiro atoms. The van der Waals surface area contributed by atoms with Crippen molar-refractivity contribution in [1.82, 2.24) is 0 Å². The molecule has 0 saturated heterocycles. The zero-order valence-corrected chi connectivity index (χ0v) is 23.3. The molecule has 40 heavy (non-hydrogen) atoms. The highest BCUT2D eigenvalue weighted by molar-refractivity contribution is 6.00. The number of aromatic nitrogens is 2. The van der Waals surface area contributed by atoms with E-state index in [4.69, 9.17) is 0 Å². The minimum absolute atomic E-state index is 0.103. The number of pyridine rings is 2.